The van der Waals surface area contributed by atoms with Crippen molar-refractivity contribution in [1.82, 2.24) is 9.80 Å². The van der Waals surface area contributed by atoms with Gasteiger partial charge < -0.3 is 14.7 Å². The molecule has 0 atom stereocenters. The molecule has 0 bridgehead atoms. The first-order valence-corrected chi connectivity index (χ1v) is 7.56. The van der Waals surface area contributed by atoms with Crippen molar-refractivity contribution in [1.29, 1.82) is 0 Å². The second-order valence-corrected chi connectivity index (χ2v) is 5.92. The van der Waals surface area contributed by atoms with Gasteiger partial charge in [0.15, 0.2) is 0 Å². The summed E-state index contributed by atoms with van der Waals surface area (Å²) < 4.78 is 5.04. The lowest BCUT2D eigenvalue weighted by Crippen LogP contribution is -2.49. The van der Waals surface area contributed by atoms with E-state index in [1.54, 1.807) is 12.1 Å². The molecule has 2 fully saturated rings. The Labute approximate surface area is 125 Å². The number of methoxy groups -OCH3 is 1. The molecule has 114 valence electrons. The number of rotatable bonds is 4. The van der Waals surface area contributed by atoms with Crippen LogP contribution in [0.3, 0.4) is 0 Å². The Hall–Kier alpha value is -1.75. The number of nitrogens with zero attached hydrogens (tertiary/aromatic N) is 2. The highest BCUT2D eigenvalue weighted by molar-refractivity contribution is 5.97. The van der Waals surface area contributed by atoms with E-state index in [-0.39, 0.29) is 11.7 Å². The lowest BCUT2D eigenvalue weighted by molar-refractivity contribution is 0.0629. The number of hydrogen-bond donors (Lipinski definition) is 1. The van der Waals surface area contributed by atoms with E-state index in [1.165, 1.54) is 32.6 Å². The zero-order chi connectivity index (χ0) is 14.8. The van der Waals surface area contributed by atoms with E-state index in [0.29, 0.717) is 11.3 Å². The van der Waals surface area contributed by atoms with Crippen molar-refractivity contribution in [2.75, 3.05) is 39.8 Å². The number of amides is 1. The van der Waals surface area contributed by atoms with Gasteiger partial charge in [-0.05, 0) is 30.9 Å². The second-order valence-electron chi connectivity index (χ2n) is 5.92. The largest absolute Gasteiger partial charge is 0.507 e. The molecule has 1 saturated carbocycles. The van der Waals surface area contributed by atoms with Gasteiger partial charge in [-0.3, -0.25) is 9.69 Å². The predicted octanol–water partition coefficient (Wildman–Crippen LogP) is 1.57. The second kappa shape index (κ2) is 5.93. The topological polar surface area (TPSA) is 53.0 Å². The maximum atomic E-state index is 12.5. The maximum Gasteiger partial charge on any atom is 0.257 e. The summed E-state index contributed by atoms with van der Waals surface area (Å²) in [5.74, 6) is 1.33. The summed E-state index contributed by atoms with van der Waals surface area (Å²) in [5, 5.41) is 9.96. The van der Waals surface area contributed by atoms with Crippen molar-refractivity contribution in [3.05, 3.63) is 23.8 Å². The van der Waals surface area contributed by atoms with E-state index >= 15 is 0 Å². The van der Waals surface area contributed by atoms with Crippen LogP contribution in [0.1, 0.15) is 23.2 Å². The molecule has 1 saturated heterocycles. The molecule has 3 rings (SSSR count). The summed E-state index contributed by atoms with van der Waals surface area (Å²) in [7, 11) is 1.54. The SMILES string of the molecule is COc1ccc(C(=O)N2CCN(CC3CC3)CC2)c(O)c1. The summed E-state index contributed by atoms with van der Waals surface area (Å²) in [5.41, 5.74) is 0.353. The monoisotopic (exact) mass is 290 g/mol. The highest BCUT2D eigenvalue weighted by atomic mass is 16.5. The summed E-state index contributed by atoms with van der Waals surface area (Å²) in [6.07, 6.45) is 2.72. The number of benzene rings is 1. The Morgan fingerprint density at radius 3 is 2.57 bits per heavy atom. The van der Waals surface area contributed by atoms with E-state index in [0.717, 1.165) is 32.1 Å². The van der Waals surface area contributed by atoms with E-state index in [2.05, 4.69) is 4.90 Å². The van der Waals surface area contributed by atoms with Gasteiger partial charge >= 0.3 is 0 Å². The number of carbonyl (C=O) groups excluding carboxylic acids is 1. The van der Waals surface area contributed by atoms with E-state index in [1.807, 2.05) is 4.90 Å². The summed E-state index contributed by atoms with van der Waals surface area (Å²) in [4.78, 5) is 16.7. The van der Waals surface area contributed by atoms with Gasteiger partial charge in [0.1, 0.15) is 11.5 Å². The van der Waals surface area contributed by atoms with E-state index in [4.69, 9.17) is 4.74 Å². The maximum absolute atomic E-state index is 12.5. The number of carbonyl (C=O) groups is 1. The fourth-order valence-corrected chi connectivity index (χ4v) is 2.79. The van der Waals surface area contributed by atoms with Crippen LogP contribution in [0.4, 0.5) is 0 Å². The Morgan fingerprint density at radius 1 is 1.29 bits per heavy atom. The molecule has 0 spiro atoms. The van der Waals surface area contributed by atoms with Crippen LogP contribution in [0.2, 0.25) is 0 Å². The van der Waals surface area contributed by atoms with Crippen molar-refractivity contribution in [2.45, 2.75) is 12.8 Å². The molecule has 1 aromatic carbocycles. The number of phenols is 1. The van der Waals surface area contributed by atoms with Gasteiger partial charge in [-0.25, -0.2) is 0 Å². The molecule has 21 heavy (non-hydrogen) atoms. The summed E-state index contributed by atoms with van der Waals surface area (Å²) in [6.45, 7) is 4.50. The molecular weight excluding hydrogens is 268 g/mol. The third-order valence-electron chi connectivity index (χ3n) is 4.31. The van der Waals surface area contributed by atoms with Crippen LogP contribution in [-0.2, 0) is 0 Å². The summed E-state index contributed by atoms with van der Waals surface area (Å²) in [6, 6.07) is 4.82. The molecule has 1 aliphatic heterocycles. The molecule has 5 nitrogen and oxygen atoms in total. The van der Waals surface area contributed by atoms with E-state index < -0.39 is 0 Å². The third-order valence-corrected chi connectivity index (χ3v) is 4.31. The van der Waals surface area contributed by atoms with Crippen LogP contribution >= 0.6 is 0 Å². The Balaban J connectivity index is 1.60. The molecule has 1 heterocycles. The Kier molecular flexibility index (Phi) is 4.01. The average Bonchev–Trinajstić information content (AvgIpc) is 3.31. The number of piperazine rings is 1. The van der Waals surface area contributed by atoms with Crippen LogP contribution in [0.5, 0.6) is 11.5 Å². The normalized spacial score (nSPS) is 19.6. The number of hydrogen-bond acceptors (Lipinski definition) is 4. The van der Waals surface area contributed by atoms with Gasteiger partial charge in [0.05, 0.1) is 12.7 Å². The van der Waals surface area contributed by atoms with Crippen molar-refractivity contribution in [3.63, 3.8) is 0 Å². The molecule has 0 radical (unpaired) electrons. The molecule has 1 amide bonds. The minimum absolute atomic E-state index is 0.0141. The van der Waals surface area contributed by atoms with Gasteiger partial charge in [-0.15, -0.1) is 0 Å². The predicted molar refractivity (Wildman–Crippen MR) is 79.7 cm³/mol. The molecule has 1 aliphatic carbocycles. The van der Waals surface area contributed by atoms with Gasteiger partial charge in [0.2, 0.25) is 0 Å². The average molecular weight is 290 g/mol. The first-order chi connectivity index (χ1) is 10.2. The third kappa shape index (κ3) is 3.29. The zero-order valence-electron chi connectivity index (χ0n) is 12.4. The van der Waals surface area contributed by atoms with Gasteiger partial charge in [0, 0.05) is 38.8 Å². The smallest absolute Gasteiger partial charge is 0.257 e. The lowest BCUT2D eigenvalue weighted by atomic mass is 10.1. The molecular formula is C16H22N2O3. The molecule has 5 heteroatoms. The number of ether oxygens (including phenoxy) is 1. The summed E-state index contributed by atoms with van der Waals surface area (Å²) >= 11 is 0. The van der Waals surface area contributed by atoms with E-state index in [9.17, 15) is 9.90 Å². The highest BCUT2D eigenvalue weighted by Crippen LogP contribution is 2.30. The first kappa shape index (κ1) is 14.2. The Morgan fingerprint density at radius 2 is 2.00 bits per heavy atom. The highest BCUT2D eigenvalue weighted by Gasteiger charge is 2.28. The van der Waals surface area contributed by atoms with Gasteiger partial charge in [0.25, 0.3) is 5.91 Å². The van der Waals surface area contributed by atoms with Crippen LogP contribution in [-0.4, -0.2) is 60.6 Å². The fourth-order valence-electron chi connectivity index (χ4n) is 2.79. The molecule has 1 N–H and O–H groups in total. The minimum Gasteiger partial charge on any atom is -0.507 e. The van der Waals surface area contributed by atoms with Crippen molar-refractivity contribution in [3.8, 4) is 11.5 Å². The van der Waals surface area contributed by atoms with Crippen molar-refractivity contribution >= 4 is 5.91 Å². The lowest BCUT2D eigenvalue weighted by Gasteiger charge is -2.34. The van der Waals surface area contributed by atoms with Crippen molar-refractivity contribution in [2.24, 2.45) is 5.92 Å². The minimum atomic E-state index is -0.0961. The molecule has 1 aromatic rings. The Bertz CT molecular complexity index is 520. The molecule has 0 aromatic heterocycles. The first-order valence-electron chi connectivity index (χ1n) is 7.56. The van der Waals surface area contributed by atoms with Gasteiger partial charge in [-0.2, -0.15) is 0 Å². The van der Waals surface area contributed by atoms with Crippen LogP contribution < -0.4 is 4.74 Å². The van der Waals surface area contributed by atoms with Crippen molar-refractivity contribution < 1.29 is 14.6 Å². The van der Waals surface area contributed by atoms with Crippen LogP contribution in [0.15, 0.2) is 18.2 Å². The standard InChI is InChI=1S/C16H22N2O3/c1-21-13-4-5-14(15(19)10-13)16(20)18-8-6-17(7-9-18)11-12-2-3-12/h4-5,10,12,19H,2-3,6-9,11H2,1H3. The van der Waals surface area contributed by atoms with Gasteiger partial charge in [-0.1, -0.05) is 0 Å². The quantitative estimate of drug-likeness (QED) is 0.914. The fraction of sp³-hybridized carbons (Fsp3) is 0.562. The molecule has 2 aliphatic rings. The number of phenolic OH excluding ortho intramolecular Hbond substituents is 1. The van der Waals surface area contributed by atoms with Crippen LogP contribution in [0, 0.1) is 5.92 Å². The number of aromatic hydroxyl groups is 1. The molecule has 0 unspecified atom stereocenters. The van der Waals surface area contributed by atoms with Crippen LogP contribution in [0.25, 0.3) is 0 Å². The zero-order valence-corrected chi connectivity index (χ0v) is 12.4.